The second-order valence-corrected chi connectivity index (χ2v) is 10.9. The molecule has 0 saturated carbocycles. The van der Waals surface area contributed by atoms with Gasteiger partial charge in [0.25, 0.3) is 0 Å². The van der Waals surface area contributed by atoms with Crippen molar-refractivity contribution >= 4 is 28.1 Å². The van der Waals surface area contributed by atoms with Crippen molar-refractivity contribution in [2.75, 3.05) is 0 Å². The van der Waals surface area contributed by atoms with Gasteiger partial charge < -0.3 is 5.32 Å². The molecule has 0 spiro atoms. The number of allylic oxidation sites excluding steroid dienone is 3. The fraction of sp³-hybridized carbons (Fsp3) is 0.417. The lowest BCUT2D eigenvalue weighted by Crippen LogP contribution is -2.38. The van der Waals surface area contributed by atoms with E-state index in [0.717, 1.165) is 17.1 Å². The molecule has 0 saturated heterocycles. The van der Waals surface area contributed by atoms with Crippen LogP contribution >= 0.6 is 11.3 Å². The fourth-order valence-corrected chi connectivity index (χ4v) is 4.78. The van der Waals surface area contributed by atoms with Gasteiger partial charge in [-0.1, -0.05) is 62.8 Å². The van der Waals surface area contributed by atoms with Crippen molar-refractivity contribution in [1.29, 1.82) is 0 Å². The Morgan fingerprint density at radius 1 is 1.31 bits per heavy atom. The highest BCUT2D eigenvalue weighted by Gasteiger charge is 2.28. The van der Waals surface area contributed by atoms with E-state index >= 15 is 0 Å². The molecule has 0 fully saturated rings. The Balaban J connectivity index is 1.75. The first-order valence-corrected chi connectivity index (χ1v) is 12.8. The Labute approximate surface area is 195 Å². The number of amides is 1. The van der Waals surface area contributed by atoms with Crippen LogP contribution in [0.1, 0.15) is 61.5 Å². The Morgan fingerprint density at radius 3 is 2.72 bits per heavy atom. The predicted molar refractivity (Wildman–Crippen MR) is 130 cm³/mol. The largest absolute Gasteiger partial charge is 0.346 e. The zero-order chi connectivity index (χ0) is 23.3. The molecule has 1 aromatic heterocycles. The number of nitrogens with zero attached hydrogens (tertiary/aromatic N) is 1. The quantitative estimate of drug-likeness (QED) is 0.501. The molecule has 2 N–H and O–H groups in total. The first-order chi connectivity index (χ1) is 15.1. The second kappa shape index (κ2) is 10.4. The standard InChI is InChI=1S/C24H31N3O3S2/c1-16-6-5-7-18(12-16)13-20-15-31-22(25-20)21(26-23(28)24(2,3)4)14-17-8-10-19(11-9-17)27-32(29)30/h5-8,10-12,15,17,21,32H,9,13-14H2,1-4H3,(H,26,28)(H,27,29,30)/t17?,21-/m0/s1. The highest BCUT2D eigenvalue weighted by molar-refractivity contribution is 7.70. The molecule has 8 heteroatoms. The number of aryl methyl sites for hydroxylation is 1. The topological polar surface area (TPSA) is 88.2 Å². The molecule has 0 bridgehead atoms. The normalized spacial score (nSPS) is 17.2. The number of benzene rings is 1. The average Bonchev–Trinajstić information content (AvgIpc) is 3.16. The van der Waals surface area contributed by atoms with Crippen LogP contribution < -0.4 is 10.0 Å². The lowest BCUT2D eigenvalue weighted by Gasteiger charge is -2.26. The summed E-state index contributed by atoms with van der Waals surface area (Å²) in [5.41, 5.74) is 3.52. The number of thiol groups is 1. The van der Waals surface area contributed by atoms with E-state index in [-0.39, 0.29) is 17.9 Å². The predicted octanol–water partition coefficient (Wildman–Crippen LogP) is 4.21. The zero-order valence-electron chi connectivity index (χ0n) is 18.9. The van der Waals surface area contributed by atoms with Crippen molar-refractivity contribution in [2.45, 2.75) is 53.0 Å². The third-order valence-corrected chi connectivity index (χ3v) is 6.72. The van der Waals surface area contributed by atoms with Crippen molar-refractivity contribution in [2.24, 2.45) is 11.3 Å². The van der Waals surface area contributed by atoms with E-state index in [1.165, 1.54) is 11.1 Å². The van der Waals surface area contributed by atoms with Gasteiger partial charge in [-0.25, -0.2) is 13.4 Å². The van der Waals surface area contributed by atoms with Crippen LogP contribution in [0.2, 0.25) is 0 Å². The number of carbonyl (C=O) groups excluding carboxylic acids is 1. The number of hydrogen-bond donors (Lipinski definition) is 3. The van der Waals surface area contributed by atoms with Gasteiger partial charge in [-0.15, -0.1) is 11.3 Å². The number of nitrogens with one attached hydrogen (secondary N) is 2. The molecule has 1 aromatic carbocycles. The minimum Gasteiger partial charge on any atom is -0.346 e. The molecule has 1 aliphatic carbocycles. The molecule has 0 aliphatic heterocycles. The summed E-state index contributed by atoms with van der Waals surface area (Å²) in [6.45, 7) is 7.78. The summed E-state index contributed by atoms with van der Waals surface area (Å²) >= 11 is 1.57. The number of thiazole rings is 1. The van der Waals surface area contributed by atoms with Crippen LogP contribution in [-0.4, -0.2) is 19.3 Å². The maximum atomic E-state index is 12.8. The van der Waals surface area contributed by atoms with Crippen LogP contribution in [0.15, 0.2) is 53.6 Å². The smallest absolute Gasteiger partial charge is 0.225 e. The molecule has 2 aromatic rings. The van der Waals surface area contributed by atoms with Gasteiger partial charge >= 0.3 is 0 Å². The monoisotopic (exact) mass is 473 g/mol. The molecule has 32 heavy (non-hydrogen) atoms. The van der Waals surface area contributed by atoms with E-state index in [9.17, 15) is 13.2 Å². The maximum Gasteiger partial charge on any atom is 0.225 e. The van der Waals surface area contributed by atoms with Gasteiger partial charge in [0.2, 0.25) is 16.8 Å². The molecular weight excluding hydrogens is 442 g/mol. The molecule has 1 unspecified atom stereocenters. The highest BCUT2D eigenvalue weighted by Crippen LogP contribution is 2.31. The zero-order valence-corrected chi connectivity index (χ0v) is 20.6. The van der Waals surface area contributed by atoms with E-state index < -0.39 is 16.3 Å². The van der Waals surface area contributed by atoms with E-state index in [2.05, 4.69) is 46.6 Å². The van der Waals surface area contributed by atoms with Gasteiger partial charge in [0.15, 0.2) is 0 Å². The Morgan fingerprint density at radius 2 is 2.09 bits per heavy atom. The number of aromatic nitrogens is 1. The third-order valence-electron chi connectivity index (χ3n) is 5.27. The molecule has 1 heterocycles. The van der Waals surface area contributed by atoms with Crippen LogP contribution in [0.5, 0.6) is 0 Å². The van der Waals surface area contributed by atoms with Crippen LogP contribution in [0, 0.1) is 18.3 Å². The molecule has 1 aliphatic rings. The second-order valence-electron chi connectivity index (χ2n) is 9.24. The van der Waals surface area contributed by atoms with Crippen LogP contribution in [0.25, 0.3) is 0 Å². The van der Waals surface area contributed by atoms with Gasteiger partial charge in [0.05, 0.1) is 11.7 Å². The first-order valence-electron chi connectivity index (χ1n) is 10.7. The molecule has 1 amide bonds. The Hall–Kier alpha value is -2.45. The first kappa shape index (κ1) is 24.2. The summed E-state index contributed by atoms with van der Waals surface area (Å²) in [5.74, 6) is 0.165. The SMILES string of the molecule is Cc1cccc(Cc2csc([C@H](CC3C=CC(N[SH](=O)=O)=CC3)NC(=O)C(C)(C)C)n2)c1. The summed E-state index contributed by atoms with van der Waals surface area (Å²) in [6, 6.07) is 8.20. The molecule has 3 rings (SSSR count). The van der Waals surface area contributed by atoms with Crippen LogP contribution in [0.4, 0.5) is 0 Å². The van der Waals surface area contributed by atoms with Crippen molar-refractivity contribution in [1.82, 2.24) is 15.0 Å². The highest BCUT2D eigenvalue weighted by atomic mass is 32.2. The summed E-state index contributed by atoms with van der Waals surface area (Å²) < 4.78 is 24.2. The molecule has 172 valence electrons. The van der Waals surface area contributed by atoms with Gasteiger partial charge in [0, 0.05) is 22.9 Å². The van der Waals surface area contributed by atoms with Gasteiger partial charge in [0.1, 0.15) is 5.01 Å². The van der Waals surface area contributed by atoms with Gasteiger partial charge in [-0.3, -0.25) is 9.52 Å². The molecule has 6 nitrogen and oxygen atoms in total. The lowest BCUT2D eigenvalue weighted by molar-refractivity contribution is -0.129. The minimum atomic E-state index is -2.67. The fourth-order valence-electron chi connectivity index (χ4n) is 3.52. The van der Waals surface area contributed by atoms with Gasteiger partial charge in [-0.05, 0) is 37.3 Å². The third kappa shape index (κ3) is 7.03. The van der Waals surface area contributed by atoms with Crippen LogP contribution in [-0.2, 0) is 22.1 Å². The van der Waals surface area contributed by atoms with Crippen molar-refractivity contribution < 1.29 is 13.2 Å². The van der Waals surface area contributed by atoms with E-state index in [1.807, 2.05) is 32.9 Å². The van der Waals surface area contributed by atoms with E-state index in [4.69, 9.17) is 4.98 Å². The average molecular weight is 474 g/mol. The van der Waals surface area contributed by atoms with E-state index in [1.54, 1.807) is 17.4 Å². The van der Waals surface area contributed by atoms with E-state index in [0.29, 0.717) is 18.5 Å². The number of hydrogen-bond acceptors (Lipinski definition) is 5. The summed E-state index contributed by atoms with van der Waals surface area (Å²) in [7, 11) is -2.67. The van der Waals surface area contributed by atoms with Gasteiger partial charge in [-0.2, -0.15) is 0 Å². The number of carbonyl (C=O) groups is 1. The number of rotatable bonds is 8. The summed E-state index contributed by atoms with van der Waals surface area (Å²) in [5, 5.41) is 6.16. The lowest BCUT2D eigenvalue weighted by atomic mass is 9.91. The Bertz CT molecular complexity index is 1090. The van der Waals surface area contributed by atoms with Crippen molar-refractivity contribution in [3.8, 4) is 0 Å². The minimum absolute atomic E-state index is 0.0148. The molecule has 2 atom stereocenters. The Kier molecular flexibility index (Phi) is 7.90. The molecular formula is C24H31N3O3S2. The maximum absolute atomic E-state index is 12.8. The summed E-state index contributed by atoms with van der Waals surface area (Å²) in [4.78, 5) is 17.6. The summed E-state index contributed by atoms with van der Waals surface area (Å²) in [6.07, 6.45) is 7.82. The van der Waals surface area contributed by atoms with Crippen molar-refractivity contribution in [3.05, 3.63) is 75.4 Å². The molecule has 0 radical (unpaired) electrons. The van der Waals surface area contributed by atoms with Crippen molar-refractivity contribution in [3.63, 3.8) is 0 Å². The van der Waals surface area contributed by atoms with Crippen LogP contribution in [0.3, 0.4) is 0 Å².